The van der Waals surface area contributed by atoms with Gasteiger partial charge < -0.3 is 5.73 Å². The van der Waals surface area contributed by atoms with E-state index in [9.17, 15) is 4.39 Å². The van der Waals surface area contributed by atoms with Gasteiger partial charge in [0.25, 0.3) is 0 Å². The van der Waals surface area contributed by atoms with E-state index in [2.05, 4.69) is 15.3 Å². The van der Waals surface area contributed by atoms with E-state index in [1.165, 1.54) is 23.8 Å². The zero-order valence-corrected chi connectivity index (χ0v) is 11.4. The molecule has 1 aromatic carbocycles. The zero-order chi connectivity index (χ0) is 13.7. The molecule has 2 N–H and O–H groups in total. The number of nitrogens with two attached hydrogens (primary N) is 1. The van der Waals surface area contributed by atoms with Crippen LogP contribution in [0.5, 0.6) is 0 Å². The van der Waals surface area contributed by atoms with Gasteiger partial charge in [-0.05, 0) is 25.0 Å². The first-order valence-corrected chi connectivity index (χ1v) is 7.32. The number of hydrogen-bond acceptors (Lipinski definition) is 5. The normalized spacial score (nSPS) is 15.7. The van der Waals surface area contributed by atoms with Gasteiger partial charge in [0.15, 0.2) is 5.82 Å². The second kappa shape index (κ2) is 4.24. The number of benzene rings is 1. The Kier molecular flexibility index (Phi) is 2.50. The number of nitrogens with zero attached hydrogens (tertiary/aromatic N) is 4. The number of halogens is 1. The number of fused-ring (bicyclic) bond motifs is 1. The summed E-state index contributed by atoms with van der Waals surface area (Å²) < 4.78 is 15.3. The highest BCUT2D eigenvalue weighted by molar-refractivity contribution is 7.19. The molecule has 0 radical (unpaired) electrons. The number of hydrogen-bond donors (Lipinski definition) is 1. The van der Waals surface area contributed by atoms with Gasteiger partial charge in [0.1, 0.15) is 10.8 Å². The van der Waals surface area contributed by atoms with E-state index in [-0.39, 0.29) is 5.69 Å². The molecule has 1 saturated carbocycles. The van der Waals surface area contributed by atoms with Crippen molar-refractivity contribution < 1.29 is 4.39 Å². The topological polar surface area (TPSA) is 69.1 Å². The molecule has 1 aliphatic rings. The predicted octanol–water partition coefficient (Wildman–Crippen LogP) is 2.84. The summed E-state index contributed by atoms with van der Waals surface area (Å²) in [5.41, 5.74) is 6.53. The summed E-state index contributed by atoms with van der Waals surface area (Å²) in [6, 6.07) is 4.75. The van der Waals surface area contributed by atoms with Crippen molar-refractivity contribution in [2.75, 3.05) is 5.73 Å². The van der Waals surface area contributed by atoms with Gasteiger partial charge in [-0.15, -0.1) is 10.2 Å². The Morgan fingerprint density at radius 1 is 1.30 bits per heavy atom. The molecule has 7 heteroatoms. The maximum Gasteiger partial charge on any atom is 0.234 e. The van der Waals surface area contributed by atoms with Crippen molar-refractivity contribution in [3.63, 3.8) is 0 Å². The van der Waals surface area contributed by atoms with Crippen molar-refractivity contribution in [2.24, 2.45) is 0 Å². The molecular weight excluding hydrogens is 277 g/mol. The van der Waals surface area contributed by atoms with Crippen LogP contribution in [0.2, 0.25) is 0 Å². The molecule has 0 saturated heterocycles. The number of aromatic nitrogens is 4. The van der Waals surface area contributed by atoms with Crippen LogP contribution < -0.4 is 5.73 Å². The summed E-state index contributed by atoms with van der Waals surface area (Å²) in [5.74, 6) is 0.932. The van der Waals surface area contributed by atoms with Gasteiger partial charge in [0.2, 0.25) is 4.96 Å². The Morgan fingerprint density at radius 3 is 2.90 bits per heavy atom. The summed E-state index contributed by atoms with van der Waals surface area (Å²) >= 11 is 1.38. The highest BCUT2D eigenvalue weighted by atomic mass is 32.1. The van der Waals surface area contributed by atoms with E-state index in [0.29, 0.717) is 16.5 Å². The fourth-order valence-electron chi connectivity index (χ4n) is 2.39. The molecular formula is C13H12FN5S. The molecule has 3 aromatic rings. The Hall–Kier alpha value is -2.02. The Morgan fingerprint density at radius 2 is 2.15 bits per heavy atom. The van der Waals surface area contributed by atoms with Crippen LogP contribution in [0, 0.1) is 5.82 Å². The minimum absolute atomic E-state index is 0.127. The number of rotatable bonds is 2. The second-order valence-electron chi connectivity index (χ2n) is 4.99. The van der Waals surface area contributed by atoms with Gasteiger partial charge in [0, 0.05) is 11.5 Å². The third kappa shape index (κ3) is 1.62. The molecule has 1 aliphatic carbocycles. The summed E-state index contributed by atoms with van der Waals surface area (Å²) in [5, 5.41) is 13.5. The molecule has 5 nitrogen and oxygen atoms in total. The molecule has 20 heavy (non-hydrogen) atoms. The highest BCUT2D eigenvalue weighted by Gasteiger charge is 2.26. The van der Waals surface area contributed by atoms with Crippen molar-refractivity contribution in [3.8, 4) is 10.6 Å². The van der Waals surface area contributed by atoms with Crippen LogP contribution in [-0.4, -0.2) is 19.8 Å². The average Bonchev–Trinajstić information content (AvgIpc) is 2.93. The van der Waals surface area contributed by atoms with Gasteiger partial charge >= 0.3 is 0 Å². The van der Waals surface area contributed by atoms with Crippen LogP contribution in [0.25, 0.3) is 15.5 Å². The first kappa shape index (κ1) is 11.8. The minimum atomic E-state index is -0.423. The molecule has 2 heterocycles. The summed E-state index contributed by atoms with van der Waals surface area (Å²) in [6.07, 6.45) is 3.50. The lowest BCUT2D eigenvalue weighted by Crippen LogP contribution is -2.13. The van der Waals surface area contributed by atoms with Crippen LogP contribution in [0.15, 0.2) is 18.2 Å². The first-order valence-electron chi connectivity index (χ1n) is 6.50. The fourth-order valence-corrected chi connectivity index (χ4v) is 3.27. The Labute approximate surface area is 118 Å². The van der Waals surface area contributed by atoms with Crippen molar-refractivity contribution >= 4 is 22.0 Å². The van der Waals surface area contributed by atoms with E-state index >= 15 is 0 Å². The van der Waals surface area contributed by atoms with E-state index in [0.717, 1.165) is 23.6 Å². The molecule has 4 rings (SSSR count). The van der Waals surface area contributed by atoms with Crippen LogP contribution in [-0.2, 0) is 0 Å². The third-order valence-electron chi connectivity index (χ3n) is 3.77. The molecule has 2 aromatic heterocycles. The predicted molar refractivity (Wildman–Crippen MR) is 75.1 cm³/mol. The quantitative estimate of drug-likeness (QED) is 0.736. The van der Waals surface area contributed by atoms with Crippen molar-refractivity contribution in [1.29, 1.82) is 0 Å². The molecule has 0 bridgehead atoms. The van der Waals surface area contributed by atoms with Crippen LogP contribution >= 0.6 is 11.3 Å². The highest BCUT2D eigenvalue weighted by Crippen LogP contribution is 2.37. The summed E-state index contributed by atoms with van der Waals surface area (Å²) in [7, 11) is 0. The van der Waals surface area contributed by atoms with Crippen molar-refractivity contribution in [3.05, 3.63) is 29.8 Å². The fraction of sp³-hybridized carbons (Fsp3) is 0.308. The molecule has 0 aliphatic heterocycles. The Bertz CT molecular complexity index is 789. The van der Waals surface area contributed by atoms with Crippen molar-refractivity contribution in [1.82, 2.24) is 19.8 Å². The van der Waals surface area contributed by atoms with Crippen molar-refractivity contribution in [2.45, 2.75) is 25.2 Å². The molecule has 102 valence electrons. The third-order valence-corrected chi connectivity index (χ3v) is 4.70. The first-order chi connectivity index (χ1) is 9.74. The largest absolute Gasteiger partial charge is 0.396 e. The standard InChI is InChI=1S/C13H12FN5S/c14-9-6-2-5-8(10(9)15)12-18-19-11(7-3-1-4-7)16-17-13(19)20-12/h2,5-7H,1,3-4,15H2. The second-order valence-corrected chi connectivity index (χ2v) is 5.94. The van der Waals surface area contributed by atoms with E-state index < -0.39 is 5.82 Å². The van der Waals surface area contributed by atoms with Gasteiger partial charge in [-0.3, -0.25) is 0 Å². The monoisotopic (exact) mass is 289 g/mol. The van der Waals surface area contributed by atoms with E-state index in [4.69, 9.17) is 5.73 Å². The maximum absolute atomic E-state index is 13.5. The van der Waals surface area contributed by atoms with E-state index in [1.807, 2.05) is 0 Å². The lowest BCUT2D eigenvalue weighted by molar-refractivity contribution is 0.395. The molecule has 0 unspecified atom stereocenters. The van der Waals surface area contributed by atoms with Gasteiger partial charge in [0.05, 0.1) is 5.69 Å². The summed E-state index contributed by atoms with van der Waals surface area (Å²) in [4.78, 5) is 0.727. The zero-order valence-electron chi connectivity index (χ0n) is 10.6. The molecule has 0 atom stereocenters. The lowest BCUT2D eigenvalue weighted by atomic mass is 9.85. The molecule has 0 spiro atoms. The lowest BCUT2D eigenvalue weighted by Gasteiger charge is -2.22. The minimum Gasteiger partial charge on any atom is -0.396 e. The molecule has 0 amide bonds. The van der Waals surface area contributed by atoms with E-state index in [1.54, 1.807) is 16.6 Å². The van der Waals surface area contributed by atoms with Crippen LogP contribution in [0.4, 0.5) is 10.1 Å². The van der Waals surface area contributed by atoms with Gasteiger partial charge in [-0.1, -0.05) is 23.8 Å². The number of nitrogen functional groups attached to an aromatic ring is 1. The SMILES string of the molecule is Nc1c(F)cccc1-c1nn2c(C3CCC3)nnc2s1. The maximum atomic E-state index is 13.5. The number of para-hydroxylation sites is 1. The van der Waals surface area contributed by atoms with Gasteiger partial charge in [-0.2, -0.15) is 9.61 Å². The Balaban J connectivity index is 1.84. The summed E-state index contributed by atoms with van der Waals surface area (Å²) in [6.45, 7) is 0. The average molecular weight is 289 g/mol. The number of anilines is 1. The van der Waals surface area contributed by atoms with Crippen LogP contribution in [0.3, 0.4) is 0 Å². The smallest absolute Gasteiger partial charge is 0.234 e. The van der Waals surface area contributed by atoms with Crippen LogP contribution in [0.1, 0.15) is 31.0 Å². The molecule has 1 fully saturated rings. The van der Waals surface area contributed by atoms with Gasteiger partial charge in [-0.25, -0.2) is 4.39 Å².